The van der Waals surface area contributed by atoms with Crippen LogP contribution in [0.15, 0.2) is 29.2 Å². The van der Waals surface area contributed by atoms with Gasteiger partial charge < -0.3 is 9.88 Å². The predicted octanol–water partition coefficient (Wildman–Crippen LogP) is 2.64. The number of nitrogens with one attached hydrogen (secondary N) is 1. The predicted molar refractivity (Wildman–Crippen MR) is 96.5 cm³/mol. The molecular formula is C18H26N4OS. The van der Waals surface area contributed by atoms with Gasteiger partial charge in [0.1, 0.15) is 11.6 Å². The molecule has 1 aliphatic heterocycles. The number of aryl methyl sites for hydroxylation is 1. The summed E-state index contributed by atoms with van der Waals surface area (Å²) in [6.07, 6.45) is 7.41. The van der Waals surface area contributed by atoms with Crippen molar-refractivity contribution >= 4 is 10.8 Å². The van der Waals surface area contributed by atoms with Crippen LogP contribution in [0.5, 0.6) is 0 Å². The lowest BCUT2D eigenvalue weighted by Gasteiger charge is -2.15. The summed E-state index contributed by atoms with van der Waals surface area (Å²) in [7, 11) is -0.917. The van der Waals surface area contributed by atoms with E-state index in [0.717, 1.165) is 42.5 Å². The minimum absolute atomic E-state index is 0.260. The van der Waals surface area contributed by atoms with Crippen LogP contribution in [0.25, 0.3) is 0 Å². The third-order valence-electron chi connectivity index (χ3n) is 4.70. The van der Waals surface area contributed by atoms with Gasteiger partial charge in [-0.25, -0.2) is 0 Å². The van der Waals surface area contributed by atoms with E-state index in [4.69, 9.17) is 0 Å². The molecule has 0 fully saturated rings. The molecule has 0 saturated carbocycles. The van der Waals surface area contributed by atoms with Gasteiger partial charge in [0.15, 0.2) is 0 Å². The highest BCUT2D eigenvalue weighted by Crippen LogP contribution is 2.16. The van der Waals surface area contributed by atoms with E-state index in [0.29, 0.717) is 0 Å². The van der Waals surface area contributed by atoms with E-state index in [1.165, 1.54) is 24.8 Å². The third-order valence-corrected chi connectivity index (χ3v) is 5.63. The summed E-state index contributed by atoms with van der Waals surface area (Å²) in [5, 5.41) is 12.3. The maximum Gasteiger partial charge on any atom is 0.134 e. The lowest BCUT2D eigenvalue weighted by atomic mass is 10.1. The van der Waals surface area contributed by atoms with Crippen LogP contribution in [0, 0.1) is 0 Å². The Morgan fingerprint density at radius 2 is 2.00 bits per heavy atom. The van der Waals surface area contributed by atoms with Crippen LogP contribution in [0.1, 0.15) is 49.4 Å². The highest BCUT2D eigenvalue weighted by Gasteiger charge is 2.14. The fraction of sp³-hybridized carbons (Fsp3) is 0.556. The van der Waals surface area contributed by atoms with Crippen molar-refractivity contribution in [3.05, 3.63) is 41.5 Å². The fourth-order valence-corrected chi connectivity index (χ4v) is 3.72. The Bertz CT molecular complexity index is 696. The van der Waals surface area contributed by atoms with Crippen LogP contribution in [-0.4, -0.2) is 31.8 Å². The normalized spacial score (nSPS) is 17.1. The number of fused-ring (bicyclic) bond motifs is 1. The molecule has 1 N–H and O–H groups in total. The average molecular weight is 346 g/mol. The summed E-state index contributed by atoms with van der Waals surface area (Å²) in [4.78, 5) is 0.872. The second-order valence-corrected chi connectivity index (χ2v) is 7.82. The van der Waals surface area contributed by atoms with Gasteiger partial charge in [-0.05, 0) is 37.5 Å². The first kappa shape index (κ1) is 17.3. The van der Waals surface area contributed by atoms with Crippen LogP contribution in [-0.2, 0) is 30.2 Å². The van der Waals surface area contributed by atoms with Gasteiger partial charge in [-0.1, -0.05) is 18.6 Å². The average Bonchev–Trinajstić information content (AvgIpc) is 2.81. The lowest BCUT2D eigenvalue weighted by molar-refractivity contribution is 0.548. The number of hydrogen-bond acceptors (Lipinski definition) is 4. The molecule has 0 unspecified atom stereocenters. The molecule has 2 heterocycles. The first-order valence-electron chi connectivity index (χ1n) is 8.73. The van der Waals surface area contributed by atoms with Gasteiger partial charge in [0.2, 0.25) is 0 Å². The first-order valence-corrected chi connectivity index (χ1v) is 10.3. The number of nitrogens with zero attached hydrogens (tertiary/aromatic N) is 3. The number of hydrogen-bond donors (Lipinski definition) is 1. The van der Waals surface area contributed by atoms with Gasteiger partial charge in [-0.3, -0.25) is 4.21 Å². The summed E-state index contributed by atoms with van der Waals surface area (Å²) >= 11 is 0. The van der Waals surface area contributed by atoms with Crippen molar-refractivity contribution in [2.45, 2.75) is 56.5 Å². The molecule has 1 aliphatic rings. The van der Waals surface area contributed by atoms with Gasteiger partial charge >= 0.3 is 0 Å². The molecule has 2 aromatic rings. The molecule has 2 atom stereocenters. The summed E-state index contributed by atoms with van der Waals surface area (Å²) < 4.78 is 13.8. The Hall–Kier alpha value is -1.53. The summed E-state index contributed by atoms with van der Waals surface area (Å²) in [5.41, 5.74) is 1.21. The SMILES string of the molecule is C[C@@H](NCCc1nnc2n1CCCCC2)c1ccc([S@@](C)=O)cc1. The molecule has 1 aromatic carbocycles. The molecule has 0 spiro atoms. The Labute approximate surface area is 146 Å². The molecule has 24 heavy (non-hydrogen) atoms. The first-order chi connectivity index (χ1) is 11.6. The Morgan fingerprint density at radius 1 is 1.21 bits per heavy atom. The zero-order valence-corrected chi connectivity index (χ0v) is 15.3. The van der Waals surface area contributed by atoms with Crippen molar-refractivity contribution in [1.29, 1.82) is 0 Å². The maximum atomic E-state index is 11.5. The third kappa shape index (κ3) is 4.11. The van der Waals surface area contributed by atoms with Crippen LogP contribution >= 0.6 is 0 Å². The second-order valence-electron chi connectivity index (χ2n) is 6.44. The van der Waals surface area contributed by atoms with E-state index in [1.54, 1.807) is 6.26 Å². The van der Waals surface area contributed by atoms with E-state index in [-0.39, 0.29) is 6.04 Å². The zero-order valence-electron chi connectivity index (χ0n) is 14.5. The van der Waals surface area contributed by atoms with E-state index in [2.05, 4.69) is 39.1 Å². The van der Waals surface area contributed by atoms with Crippen LogP contribution < -0.4 is 5.32 Å². The molecule has 5 nitrogen and oxygen atoms in total. The number of rotatable bonds is 6. The van der Waals surface area contributed by atoms with Crippen molar-refractivity contribution in [3.8, 4) is 0 Å². The van der Waals surface area contributed by atoms with Crippen molar-refractivity contribution in [3.63, 3.8) is 0 Å². The van der Waals surface area contributed by atoms with Gasteiger partial charge in [0, 0.05) is 53.9 Å². The summed E-state index contributed by atoms with van der Waals surface area (Å²) in [6.45, 7) is 4.09. The Balaban J connectivity index is 1.54. The largest absolute Gasteiger partial charge is 0.315 e. The van der Waals surface area contributed by atoms with Gasteiger partial charge in [0.25, 0.3) is 0 Å². The standard InChI is InChI=1S/C18H26N4OS/c1-14(15-7-9-16(10-8-15)24(2)23)19-12-11-18-21-20-17-6-4-3-5-13-22(17)18/h7-10,14,19H,3-6,11-13H2,1-2H3/t14-,24-/m1/s1. The minimum Gasteiger partial charge on any atom is -0.315 e. The molecule has 0 saturated heterocycles. The number of benzene rings is 1. The molecule has 0 radical (unpaired) electrons. The lowest BCUT2D eigenvalue weighted by Crippen LogP contribution is -2.22. The monoisotopic (exact) mass is 346 g/mol. The second kappa shape index (κ2) is 8.03. The molecule has 130 valence electrons. The van der Waals surface area contributed by atoms with Crippen LogP contribution in [0.4, 0.5) is 0 Å². The van der Waals surface area contributed by atoms with Crippen LogP contribution in [0.3, 0.4) is 0 Å². The van der Waals surface area contributed by atoms with E-state index in [1.807, 2.05) is 12.1 Å². The van der Waals surface area contributed by atoms with Crippen molar-refractivity contribution in [2.24, 2.45) is 0 Å². The Kier molecular flexibility index (Phi) is 5.79. The molecule has 0 aliphatic carbocycles. The van der Waals surface area contributed by atoms with E-state index < -0.39 is 10.8 Å². The van der Waals surface area contributed by atoms with Crippen molar-refractivity contribution in [2.75, 3.05) is 12.8 Å². The molecule has 1 aromatic heterocycles. The number of aromatic nitrogens is 3. The molecule has 6 heteroatoms. The van der Waals surface area contributed by atoms with Crippen molar-refractivity contribution < 1.29 is 4.21 Å². The van der Waals surface area contributed by atoms with Crippen LogP contribution in [0.2, 0.25) is 0 Å². The topological polar surface area (TPSA) is 59.8 Å². The Morgan fingerprint density at radius 3 is 2.75 bits per heavy atom. The fourth-order valence-electron chi connectivity index (χ4n) is 3.20. The summed E-state index contributed by atoms with van der Waals surface area (Å²) in [5.74, 6) is 2.25. The quantitative estimate of drug-likeness (QED) is 0.873. The van der Waals surface area contributed by atoms with Crippen molar-refractivity contribution in [1.82, 2.24) is 20.1 Å². The molecule has 0 amide bonds. The van der Waals surface area contributed by atoms with E-state index >= 15 is 0 Å². The smallest absolute Gasteiger partial charge is 0.134 e. The summed E-state index contributed by atoms with van der Waals surface area (Å²) in [6, 6.07) is 8.26. The molecular weight excluding hydrogens is 320 g/mol. The highest BCUT2D eigenvalue weighted by molar-refractivity contribution is 7.84. The van der Waals surface area contributed by atoms with Gasteiger partial charge in [0.05, 0.1) is 0 Å². The molecule has 0 bridgehead atoms. The maximum absolute atomic E-state index is 11.5. The van der Waals surface area contributed by atoms with Gasteiger partial charge in [-0.2, -0.15) is 0 Å². The zero-order chi connectivity index (χ0) is 16.9. The van der Waals surface area contributed by atoms with Gasteiger partial charge in [-0.15, -0.1) is 10.2 Å². The highest BCUT2D eigenvalue weighted by atomic mass is 32.2. The van der Waals surface area contributed by atoms with E-state index in [9.17, 15) is 4.21 Å². The molecule has 3 rings (SSSR count). The minimum atomic E-state index is -0.917.